The first-order valence-electron chi connectivity index (χ1n) is 12.0. The van der Waals surface area contributed by atoms with E-state index >= 15 is 0 Å². The van der Waals surface area contributed by atoms with E-state index in [1.165, 1.54) is 0 Å². The number of para-hydroxylation sites is 2. The summed E-state index contributed by atoms with van der Waals surface area (Å²) < 4.78 is 3.53. The van der Waals surface area contributed by atoms with Crippen LogP contribution in [0.3, 0.4) is 0 Å². The molecule has 3 aromatic rings. The van der Waals surface area contributed by atoms with Crippen LogP contribution in [-0.4, -0.2) is 45.6 Å². The van der Waals surface area contributed by atoms with Gasteiger partial charge in [0, 0.05) is 55.0 Å². The molecule has 0 spiro atoms. The number of halogens is 1. The van der Waals surface area contributed by atoms with Crippen molar-refractivity contribution in [3.05, 3.63) is 70.1 Å². The van der Waals surface area contributed by atoms with Crippen LogP contribution in [0.4, 0.5) is 5.69 Å². The van der Waals surface area contributed by atoms with Crippen molar-refractivity contribution in [1.82, 2.24) is 14.0 Å². The van der Waals surface area contributed by atoms with Gasteiger partial charge >= 0.3 is 5.69 Å². The monoisotopic (exact) mass is 480 g/mol. The summed E-state index contributed by atoms with van der Waals surface area (Å²) in [6.45, 7) is 12.9. The molecule has 1 amide bonds. The van der Waals surface area contributed by atoms with Crippen LogP contribution in [0.15, 0.2) is 53.8 Å². The number of carbonyl (C=O) groups is 1. The summed E-state index contributed by atoms with van der Waals surface area (Å²) in [5.41, 5.74) is 4.38. The van der Waals surface area contributed by atoms with Crippen LogP contribution in [0.5, 0.6) is 0 Å². The van der Waals surface area contributed by atoms with Crippen molar-refractivity contribution < 1.29 is 4.79 Å². The Bertz CT molecular complexity index is 1270. The Morgan fingerprint density at radius 2 is 1.79 bits per heavy atom. The first-order chi connectivity index (χ1) is 16.3. The number of piperidine rings is 1. The molecule has 0 unspecified atom stereocenters. The second-order valence-corrected chi connectivity index (χ2v) is 9.52. The van der Waals surface area contributed by atoms with Crippen molar-refractivity contribution >= 4 is 39.9 Å². The van der Waals surface area contributed by atoms with E-state index in [1.807, 2.05) is 72.7 Å². The van der Waals surface area contributed by atoms with E-state index < -0.39 is 0 Å². The van der Waals surface area contributed by atoms with Gasteiger partial charge in [0.25, 0.3) is 0 Å². The van der Waals surface area contributed by atoms with Crippen LogP contribution in [-0.2, 0) is 11.3 Å². The Morgan fingerprint density at radius 3 is 2.41 bits per heavy atom. The highest BCUT2D eigenvalue weighted by molar-refractivity contribution is 6.31. The second kappa shape index (κ2) is 10.2. The van der Waals surface area contributed by atoms with Gasteiger partial charge in [-0.15, -0.1) is 0 Å². The van der Waals surface area contributed by atoms with Gasteiger partial charge in [0.05, 0.1) is 11.0 Å². The molecule has 0 bridgehead atoms. The minimum atomic E-state index is -0.0421. The molecule has 4 rings (SSSR count). The van der Waals surface area contributed by atoms with Crippen LogP contribution in [0.2, 0.25) is 5.02 Å². The maximum Gasteiger partial charge on any atom is 0.333 e. The number of hydrogen-bond acceptors (Lipinski definition) is 3. The lowest BCUT2D eigenvalue weighted by atomic mass is 10.0. The highest BCUT2D eigenvalue weighted by Gasteiger charge is 2.29. The molecule has 180 valence electrons. The van der Waals surface area contributed by atoms with E-state index in [0.29, 0.717) is 18.0 Å². The number of allylic oxidation sites excluding steroid dienone is 1. The fourth-order valence-corrected chi connectivity index (χ4v) is 5.07. The number of hydrogen-bond donors (Lipinski definition) is 0. The molecular formula is C27H33ClN4O2. The lowest BCUT2D eigenvalue weighted by molar-refractivity contribution is -0.119. The summed E-state index contributed by atoms with van der Waals surface area (Å²) in [5.74, 6) is 0.123. The molecular weight excluding hydrogens is 448 g/mol. The van der Waals surface area contributed by atoms with Crippen LogP contribution in [0.1, 0.15) is 38.7 Å². The van der Waals surface area contributed by atoms with E-state index in [0.717, 1.165) is 60.5 Å². The standard InChI is InChI=1S/C27H33ClN4O2/c1-5-26(33)32(22-11-10-20(4)23(28)18-22)21-12-14-29(15-13-21)16-17-30-24-8-6-7-9-25(24)31(19(2)3)27(30)34/h6-11,18,21H,2,5,12-17H2,1,3-4H3. The van der Waals surface area contributed by atoms with E-state index in [9.17, 15) is 9.59 Å². The van der Waals surface area contributed by atoms with Gasteiger partial charge in [-0.3, -0.25) is 13.9 Å². The molecule has 0 saturated carbocycles. The maximum absolute atomic E-state index is 13.1. The summed E-state index contributed by atoms with van der Waals surface area (Å²) in [5, 5.41) is 0.684. The molecule has 1 saturated heterocycles. The van der Waals surface area contributed by atoms with E-state index in [2.05, 4.69) is 11.5 Å². The van der Waals surface area contributed by atoms with Crippen molar-refractivity contribution in [3.8, 4) is 0 Å². The van der Waals surface area contributed by atoms with Gasteiger partial charge in [0.1, 0.15) is 0 Å². The first-order valence-corrected chi connectivity index (χ1v) is 12.4. The van der Waals surface area contributed by atoms with Crippen molar-refractivity contribution in [2.24, 2.45) is 0 Å². The van der Waals surface area contributed by atoms with Crippen molar-refractivity contribution in [2.75, 3.05) is 24.5 Å². The number of carbonyl (C=O) groups excluding carboxylic acids is 1. The third-order valence-electron chi connectivity index (χ3n) is 6.78. The number of aromatic nitrogens is 2. The molecule has 1 aliphatic heterocycles. The van der Waals surface area contributed by atoms with Crippen molar-refractivity contribution in [3.63, 3.8) is 0 Å². The predicted octanol–water partition coefficient (Wildman–Crippen LogP) is 5.16. The van der Waals surface area contributed by atoms with Crippen molar-refractivity contribution in [1.29, 1.82) is 0 Å². The summed E-state index contributed by atoms with van der Waals surface area (Å²) in [6.07, 6.45) is 2.24. The fourth-order valence-electron chi connectivity index (χ4n) is 4.90. The molecule has 0 aliphatic carbocycles. The molecule has 0 atom stereocenters. The average Bonchev–Trinajstić information content (AvgIpc) is 3.12. The Morgan fingerprint density at radius 1 is 1.12 bits per heavy atom. The zero-order valence-electron chi connectivity index (χ0n) is 20.3. The van der Waals surface area contributed by atoms with Gasteiger partial charge in [-0.1, -0.05) is 43.3 Å². The molecule has 7 heteroatoms. The van der Waals surface area contributed by atoms with Gasteiger partial charge in [-0.25, -0.2) is 4.79 Å². The third-order valence-corrected chi connectivity index (χ3v) is 7.19. The number of rotatable bonds is 7. The molecule has 1 aliphatic rings. The number of benzene rings is 2. The number of imidazole rings is 1. The molecule has 0 N–H and O–H groups in total. The molecule has 2 heterocycles. The number of anilines is 1. The molecule has 2 aromatic carbocycles. The first kappa shape index (κ1) is 24.3. The summed E-state index contributed by atoms with van der Waals surface area (Å²) in [6, 6.07) is 13.9. The predicted molar refractivity (Wildman–Crippen MR) is 141 cm³/mol. The number of aryl methyl sites for hydroxylation is 1. The highest BCUT2D eigenvalue weighted by Crippen LogP contribution is 2.29. The largest absolute Gasteiger partial charge is 0.333 e. The van der Waals surface area contributed by atoms with E-state index in [4.69, 9.17) is 11.6 Å². The van der Waals surface area contributed by atoms with Gasteiger partial charge < -0.3 is 9.80 Å². The van der Waals surface area contributed by atoms with Gasteiger partial charge in [0.15, 0.2) is 0 Å². The molecule has 1 fully saturated rings. The molecule has 34 heavy (non-hydrogen) atoms. The summed E-state index contributed by atoms with van der Waals surface area (Å²) in [4.78, 5) is 30.2. The quantitative estimate of drug-likeness (QED) is 0.469. The van der Waals surface area contributed by atoms with Crippen LogP contribution < -0.4 is 10.6 Å². The lowest BCUT2D eigenvalue weighted by Crippen LogP contribution is -2.48. The maximum atomic E-state index is 13.1. The zero-order chi connectivity index (χ0) is 24.4. The van der Waals surface area contributed by atoms with E-state index in [-0.39, 0.29) is 17.6 Å². The molecule has 0 radical (unpaired) electrons. The second-order valence-electron chi connectivity index (χ2n) is 9.12. The van der Waals surface area contributed by atoms with Gasteiger partial charge in [-0.2, -0.15) is 0 Å². The molecule has 1 aromatic heterocycles. The average molecular weight is 481 g/mol. The fraction of sp³-hybridized carbons (Fsp3) is 0.407. The Hall–Kier alpha value is -2.83. The van der Waals surface area contributed by atoms with Gasteiger partial charge in [-0.05, 0) is 56.5 Å². The zero-order valence-corrected chi connectivity index (χ0v) is 21.0. The summed E-state index contributed by atoms with van der Waals surface area (Å²) >= 11 is 6.36. The number of fused-ring (bicyclic) bond motifs is 1. The minimum Gasteiger partial charge on any atom is -0.309 e. The summed E-state index contributed by atoms with van der Waals surface area (Å²) in [7, 11) is 0. The minimum absolute atomic E-state index is 0.0421. The SMILES string of the molecule is C=C(C)n1c(=O)n(CCN2CCC(N(C(=O)CC)c3ccc(C)c(Cl)c3)CC2)c2ccccc21. The Kier molecular flexibility index (Phi) is 7.29. The topological polar surface area (TPSA) is 50.5 Å². The number of nitrogens with zero attached hydrogens (tertiary/aromatic N) is 4. The molecule has 6 nitrogen and oxygen atoms in total. The van der Waals surface area contributed by atoms with Crippen molar-refractivity contribution in [2.45, 2.75) is 52.6 Å². The highest BCUT2D eigenvalue weighted by atomic mass is 35.5. The van der Waals surface area contributed by atoms with Crippen LogP contribution in [0.25, 0.3) is 16.7 Å². The Labute approximate surface area is 206 Å². The third kappa shape index (κ3) is 4.70. The van der Waals surface area contributed by atoms with Crippen LogP contribution >= 0.6 is 11.6 Å². The van der Waals surface area contributed by atoms with E-state index in [1.54, 1.807) is 4.57 Å². The normalized spacial score (nSPS) is 15.1. The number of amides is 1. The lowest BCUT2D eigenvalue weighted by Gasteiger charge is -2.38. The van der Waals surface area contributed by atoms with Crippen LogP contribution in [0, 0.1) is 6.92 Å². The number of likely N-dealkylation sites (tertiary alicyclic amines) is 1. The van der Waals surface area contributed by atoms with Gasteiger partial charge in [0.2, 0.25) is 5.91 Å². The Balaban J connectivity index is 1.45. The smallest absolute Gasteiger partial charge is 0.309 e.